The first-order chi connectivity index (χ1) is 10.1. The predicted molar refractivity (Wildman–Crippen MR) is 85.6 cm³/mol. The van der Waals surface area contributed by atoms with E-state index in [0.717, 1.165) is 36.6 Å². The van der Waals surface area contributed by atoms with Gasteiger partial charge in [0.25, 0.3) is 5.91 Å². The number of carbonyl (C=O) groups excluding carboxylic acids is 1. The highest BCUT2D eigenvalue weighted by molar-refractivity contribution is 6.31. The van der Waals surface area contributed by atoms with Crippen LogP contribution in [0.3, 0.4) is 0 Å². The highest BCUT2D eigenvalue weighted by atomic mass is 35.5. The topological polar surface area (TPSA) is 70.9 Å². The van der Waals surface area contributed by atoms with E-state index >= 15 is 0 Å². The van der Waals surface area contributed by atoms with Gasteiger partial charge >= 0.3 is 0 Å². The molecule has 5 heteroatoms. The highest BCUT2D eigenvalue weighted by Crippen LogP contribution is 2.21. The van der Waals surface area contributed by atoms with Crippen molar-refractivity contribution >= 4 is 28.4 Å². The zero-order valence-electron chi connectivity index (χ0n) is 11.9. The number of hydrogen-bond donors (Lipinski definition) is 3. The third-order valence-electron chi connectivity index (χ3n) is 4.21. The quantitative estimate of drug-likeness (QED) is 0.746. The molecule has 2 atom stereocenters. The molecule has 0 radical (unpaired) electrons. The monoisotopic (exact) mass is 305 g/mol. The number of H-pyrrole nitrogens is 1. The van der Waals surface area contributed by atoms with E-state index in [1.807, 2.05) is 24.3 Å². The molecule has 0 bridgehead atoms. The Balaban J connectivity index is 1.76. The molecule has 0 spiro atoms. The van der Waals surface area contributed by atoms with Crippen LogP contribution in [-0.2, 0) is 0 Å². The van der Waals surface area contributed by atoms with Gasteiger partial charge in [-0.2, -0.15) is 0 Å². The van der Waals surface area contributed by atoms with Gasteiger partial charge in [-0.3, -0.25) is 4.79 Å². The van der Waals surface area contributed by atoms with Crippen molar-refractivity contribution in [2.45, 2.75) is 44.2 Å². The molecule has 4 nitrogen and oxygen atoms in total. The first kappa shape index (κ1) is 14.4. The lowest BCUT2D eigenvalue weighted by atomic mass is 10.0. The molecule has 1 aromatic carbocycles. The van der Waals surface area contributed by atoms with Crippen LogP contribution in [0.5, 0.6) is 0 Å². The Hall–Kier alpha value is -1.52. The molecule has 3 rings (SSSR count). The standard InChI is InChI=1S/C16H20ClN3O/c17-11-6-7-13-10(8-11)9-15(19-13)16(21)20-14-5-3-1-2-4-12(14)18/h6-9,12,14,19H,1-5,18H2,(H,20,21)/t12?,14-/m0/s1. The van der Waals surface area contributed by atoms with Crippen LogP contribution in [0.4, 0.5) is 0 Å². The molecular formula is C16H20ClN3O. The van der Waals surface area contributed by atoms with E-state index < -0.39 is 0 Å². The van der Waals surface area contributed by atoms with Gasteiger partial charge in [0.15, 0.2) is 0 Å². The van der Waals surface area contributed by atoms with Crippen molar-refractivity contribution in [2.75, 3.05) is 0 Å². The lowest BCUT2D eigenvalue weighted by molar-refractivity contribution is 0.0924. The summed E-state index contributed by atoms with van der Waals surface area (Å²) in [7, 11) is 0. The first-order valence-electron chi connectivity index (χ1n) is 7.48. The lowest BCUT2D eigenvalue weighted by Crippen LogP contribution is -2.47. The molecule has 21 heavy (non-hydrogen) atoms. The van der Waals surface area contributed by atoms with Crippen LogP contribution in [0.2, 0.25) is 5.02 Å². The molecule has 2 aromatic rings. The second-order valence-electron chi connectivity index (χ2n) is 5.80. The number of hydrogen-bond acceptors (Lipinski definition) is 2. The number of carbonyl (C=O) groups is 1. The molecule has 0 aliphatic heterocycles. The SMILES string of the molecule is NC1CCCCC[C@@H]1NC(=O)c1cc2cc(Cl)ccc2[nH]1. The highest BCUT2D eigenvalue weighted by Gasteiger charge is 2.23. The molecule has 0 saturated heterocycles. The Bertz CT molecular complexity index is 652. The van der Waals surface area contributed by atoms with Gasteiger partial charge < -0.3 is 16.0 Å². The summed E-state index contributed by atoms with van der Waals surface area (Å²) in [6.07, 6.45) is 5.41. The third kappa shape index (κ3) is 3.22. The van der Waals surface area contributed by atoms with Crippen LogP contribution in [0.15, 0.2) is 24.3 Å². The van der Waals surface area contributed by atoms with Crippen molar-refractivity contribution in [3.63, 3.8) is 0 Å². The number of nitrogens with two attached hydrogens (primary N) is 1. The molecule has 1 heterocycles. The Morgan fingerprint density at radius 3 is 2.90 bits per heavy atom. The Morgan fingerprint density at radius 2 is 2.05 bits per heavy atom. The summed E-state index contributed by atoms with van der Waals surface area (Å²) in [6, 6.07) is 7.49. The van der Waals surface area contributed by atoms with Gasteiger partial charge in [0.1, 0.15) is 5.69 Å². The van der Waals surface area contributed by atoms with E-state index in [2.05, 4.69) is 10.3 Å². The molecule has 1 unspecified atom stereocenters. The third-order valence-corrected chi connectivity index (χ3v) is 4.45. The Kier molecular flexibility index (Phi) is 4.17. The minimum absolute atomic E-state index is 0.0512. The molecule has 4 N–H and O–H groups in total. The predicted octanol–water partition coefficient (Wildman–Crippen LogP) is 3.21. The van der Waals surface area contributed by atoms with Crippen LogP contribution < -0.4 is 11.1 Å². The fourth-order valence-electron chi connectivity index (χ4n) is 2.99. The van der Waals surface area contributed by atoms with Crippen LogP contribution >= 0.6 is 11.6 Å². The van der Waals surface area contributed by atoms with Crippen molar-refractivity contribution in [3.05, 3.63) is 35.0 Å². The van der Waals surface area contributed by atoms with Crippen molar-refractivity contribution in [2.24, 2.45) is 5.73 Å². The van der Waals surface area contributed by atoms with Crippen LogP contribution in [-0.4, -0.2) is 23.0 Å². The fourth-order valence-corrected chi connectivity index (χ4v) is 3.17. The van der Waals surface area contributed by atoms with Gasteiger partial charge in [0.05, 0.1) is 0 Å². The van der Waals surface area contributed by atoms with Crippen LogP contribution in [0, 0.1) is 0 Å². The lowest BCUT2D eigenvalue weighted by Gasteiger charge is -2.22. The van der Waals surface area contributed by atoms with Crippen molar-refractivity contribution in [3.8, 4) is 0 Å². The number of halogens is 1. The van der Waals surface area contributed by atoms with Gasteiger partial charge in [-0.15, -0.1) is 0 Å². The summed E-state index contributed by atoms with van der Waals surface area (Å²) in [6.45, 7) is 0. The Labute approximate surface area is 129 Å². The number of aromatic amines is 1. The molecule has 1 aliphatic rings. The zero-order chi connectivity index (χ0) is 14.8. The van der Waals surface area contributed by atoms with Gasteiger partial charge in [0, 0.05) is 28.0 Å². The summed E-state index contributed by atoms with van der Waals surface area (Å²) < 4.78 is 0. The molecule has 1 amide bonds. The largest absolute Gasteiger partial charge is 0.351 e. The van der Waals surface area contributed by atoms with E-state index in [1.54, 1.807) is 0 Å². The van der Waals surface area contributed by atoms with Gasteiger partial charge in [-0.05, 0) is 37.1 Å². The number of amides is 1. The molecular weight excluding hydrogens is 286 g/mol. The summed E-state index contributed by atoms with van der Waals surface area (Å²) in [4.78, 5) is 15.5. The van der Waals surface area contributed by atoms with E-state index in [0.29, 0.717) is 10.7 Å². The van der Waals surface area contributed by atoms with Gasteiger partial charge in [-0.1, -0.05) is 30.9 Å². The maximum absolute atomic E-state index is 12.4. The Morgan fingerprint density at radius 1 is 1.24 bits per heavy atom. The average Bonchev–Trinajstić information content (AvgIpc) is 2.78. The number of rotatable bonds is 2. The average molecular weight is 306 g/mol. The molecule has 112 valence electrons. The smallest absolute Gasteiger partial charge is 0.268 e. The van der Waals surface area contributed by atoms with E-state index in [9.17, 15) is 4.79 Å². The number of nitrogens with one attached hydrogen (secondary N) is 2. The summed E-state index contributed by atoms with van der Waals surface area (Å²) >= 11 is 5.97. The van der Waals surface area contributed by atoms with Crippen molar-refractivity contribution < 1.29 is 4.79 Å². The molecule has 1 aliphatic carbocycles. The maximum atomic E-state index is 12.4. The molecule has 1 aromatic heterocycles. The second kappa shape index (κ2) is 6.08. The van der Waals surface area contributed by atoms with E-state index in [4.69, 9.17) is 17.3 Å². The van der Waals surface area contributed by atoms with Crippen molar-refractivity contribution in [1.82, 2.24) is 10.3 Å². The van der Waals surface area contributed by atoms with Gasteiger partial charge in [-0.25, -0.2) is 0 Å². The molecule has 1 fully saturated rings. The maximum Gasteiger partial charge on any atom is 0.268 e. The van der Waals surface area contributed by atoms with Crippen LogP contribution in [0.1, 0.15) is 42.6 Å². The number of benzene rings is 1. The van der Waals surface area contributed by atoms with Crippen molar-refractivity contribution in [1.29, 1.82) is 0 Å². The zero-order valence-corrected chi connectivity index (χ0v) is 12.6. The number of fused-ring (bicyclic) bond motifs is 1. The molecule has 1 saturated carbocycles. The summed E-state index contributed by atoms with van der Waals surface area (Å²) in [5.41, 5.74) is 7.63. The second-order valence-corrected chi connectivity index (χ2v) is 6.23. The van der Waals surface area contributed by atoms with E-state index in [-0.39, 0.29) is 18.0 Å². The summed E-state index contributed by atoms with van der Waals surface area (Å²) in [5.74, 6) is -0.0929. The van der Waals surface area contributed by atoms with Gasteiger partial charge in [0.2, 0.25) is 0 Å². The first-order valence-corrected chi connectivity index (χ1v) is 7.86. The minimum Gasteiger partial charge on any atom is -0.351 e. The van der Waals surface area contributed by atoms with E-state index in [1.165, 1.54) is 6.42 Å². The van der Waals surface area contributed by atoms with Crippen LogP contribution in [0.25, 0.3) is 10.9 Å². The summed E-state index contributed by atoms with van der Waals surface area (Å²) in [5, 5.41) is 4.68. The number of aromatic nitrogens is 1. The fraction of sp³-hybridized carbons (Fsp3) is 0.438. The minimum atomic E-state index is -0.0929. The normalized spacial score (nSPS) is 23.0.